The molecule has 0 aromatic rings. The second kappa shape index (κ2) is 4.18. The molecule has 0 bridgehead atoms. The first-order valence-corrected chi connectivity index (χ1v) is 8.40. The monoisotopic (exact) mass is 284 g/mol. The number of Topliss-reactive ketones (excluding diaryl/α,β-unsaturated/α-hetero) is 1. The lowest BCUT2D eigenvalue weighted by Crippen LogP contribution is -2.52. The summed E-state index contributed by atoms with van der Waals surface area (Å²) in [6.45, 7) is 4.63. The molecule has 0 aromatic heterocycles. The van der Waals surface area contributed by atoms with E-state index in [2.05, 4.69) is 26.0 Å². The van der Waals surface area contributed by atoms with Gasteiger partial charge in [-0.05, 0) is 60.3 Å². The van der Waals surface area contributed by atoms with E-state index in [1.807, 2.05) is 0 Å². The predicted octanol–water partition coefficient (Wildman–Crippen LogP) is 3.86. The molecule has 0 aromatic carbocycles. The van der Waals surface area contributed by atoms with Crippen LogP contribution in [0.1, 0.15) is 52.4 Å². The lowest BCUT2D eigenvalue weighted by atomic mass is 9.47. The number of hydrogen-bond donors (Lipinski definition) is 0. The number of allylic oxidation sites excluding steroid dienone is 4. The van der Waals surface area contributed by atoms with E-state index >= 15 is 0 Å². The molecule has 0 amide bonds. The maximum Gasteiger partial charge on any atom is 0.159 e. The molecule has 0 spiro atoms. The summed E-state index contributed by atoms with van der Waals surface area (Å²) in [5.74, 6) is 2.14. The summed E-state index contributed by atoms with van der Waals surface area (Å²) in [4.78, 5) is 24.4. The van der Waals surface area contributed by atoms with Crippen LogP contribution < -0.4 is 0 Å². The van der Waals surface area contributed by atoms with Crippen LogP contribution in [-0.2, 0) is 9.59 Å². The predicted molar refractivity (Wildman–Crippen MR) is 81.6 cm³/mol. The lowest BCUT2D eigenvalue weighted by molar-refractivity contribution is -0.129. The minimum Gasteiger partial charge on any atom is -0.295 e. The number of carbonyl (C=O) groups excluding carboxylic acids is 2. The number of ketones is 2. The van der Waals surface area contributed by atoms with Gasteiger partial charge in [0.2, 0.25) is 0 Å². The van der Waals surface area contributed by atoms with E-state index in [4.69, 9.17) is 0 Å². The molecule has 21 heavy (non-hydrogen) atoms. The highest BCUT2D eigenvalue weighted by Crippen LogP contribution is 2.62. The first-order chi connectivity index (χ1) is 9.94. The normalized spacial score (nSPS) is 48.5. The van der Waals surface area contributed by atoms with Crippen LogP contribution in [0.3, 0.4) is 0 Å². The SMILES string of the molecule is C[C@@]12C=CC[C@H]1[C@@H]1CC(=O)C3=CC(=O)CC[C@]3(C)[C@H]1CC2. The molecular weight excluding hydrogens is 260 g/mol. The van der Waals surface area contributed by atoms with Crippen molar-refractivity contribution in [1.82, 2.24) is 0 Å². The van der Waals surface area contributed by atoms with Crippen molar-refractivity contribution in [3.8, 4) is 0 Å². The van der Waals surface area contributed by atoms with Crippen molar-refractivity contribution >= 4 is 11.6 Å². The Morgan fingerprint density at radius 3 is 2.76 bits per heavy atom. The summed E-state index contributed by atoms with van der Waals surface area (Å²) >= 11 is 0. The zero-order chi connectivity index (χ0) is 14.8. The molecule has 4 aliphatic rings. The Morgan fingerprint density at radius 1 is 1.14 bits per heavy atom. The van der Waals surface area contributed by atoms with Gasteiger partial charge in [-0.25, -0.2) is 0 Å². The molecule has 0 unspecified atom stereocenters. The number of fused-ring (bicyclic) bond motifs is 5. The number of rotatable bonds is 0. The molecule has 2 nitrogen and oxygen atoms in total. The maximum absolute atomic E-state index is 12.7. The molecule has 2 fully saturated rings. The van der Waals surface area contributed by atoms with Crippen molar-refractivity contribution in [3.63, 3.8) is 0 Å². The van der Waals surface area contributed by atoms with Crippen molar-refractivity contribution < 1.29 is 9.59 Å². The van der Waals surface area contributed by atoms with Crippen LogP contribution in [0.25, 0.3) is 0 Å². The summed E-state index contributed by atoms with van der Waals surface area (Å²) < 4.78 is 0. The van der Waals surface area contributed by atoms with Crippen LogP contribution in [0.4, 0.5) is 0 Å². The maximum atomic E-state index is 12.7. The second-order valence-corrected chi connectivity index (χ2v) is 8.13. The van der Waals surface area contributed by atoms with Crippen LogP contribution in [-0.4, -0.2) is 11.6 Å². The molecule has 0 saturated heterocycles. The van der Waals surface area contributed by atoms with Crippen molar-refractivity contribution in [2.24, 2.45) is 28.6 Å². The Labute approximate surface area is 126 Å². The summed E-state index contributed by atoms with van der Waals surface area (Å²) in [6, 6.07) is 0. The van der Waals surface area contributed by atoms with E-state index in [-0.39, 0.29) is 17.0 Å². The van der Waals surface area contributed by atoms with Gasteiger partial charge >= 0.3 is 0 Å². The average molecular weight is 284 g/mol. The highest BCUT2D eigenvalue weighted by Gasteiger charge is 2.57. The Kier molecular flexibility index (Phi) is 2.68. The summed E-state index contributed by atoms with van der Waals surface area (Å²) in [7, 11) is 0. The molecule has 4 aliphatic carbocycles. The minimum absolute atomic E-state index is 0.0438. The first-order valence-electron chi connectivity index (χ1n) is 8.40. The van der Waals surface area contributed by atoms with Gasteiger partial charge in [-0.15, -0.1) is 0 Å². The Morgan fingerprint density at radius 2 is 1.95 bits per heavy atom. The summed E-state index contributed by atoms with van der Waals surface area (Å²) in [5.41, 5.74) is 1.12. The Balaban J connectivity index is 1.76. The summed E-state index contributed by atoms with van der Waals surface area (Å²) in [6.07, 6.45) is 12.2. The van der Waals surface area contributed by atoms with Gasteiger partial charge in [0.15, 0.2) is 11.6 Å². The number of carbonyl (C=O) groups is 2. The minimum atomic E-state index is -0.0438. The van der Waals surface area contributed by atoms with E-state index in [1.54, 1.807) is 6.08 Å². The first kappa shape index (κ1) is 13.5. The Bertz CT molecular complexity index is 584. The quantitative estimate of drug-likeness (QED) is 0.633. The van der Waals surface area contributed by atoms with Crippen LogP contribution >= 0.6 is 0 Å². The van der Waals surface area contributed by atoms with E-state index in [1.165, 1.54) is 12.8 Å². The fourth-order valence-corrected chi connectivity index (χ4v) is 5.87. The third-order valence-corrected chi connectivity index (χ3v) is 7.11. The van der Waals surface area contributed by atoms with E-state index in [9.17, 15) is 9.59 Å². The number of hydrogen-bond acceptors (Lipinski definition) is 2. The van der Waals surface area contributed by atoms with E-state index < -0.39 is 0 Å². The molecule has 0 radical (unpaired) electrons. The molecule has 0 aliphatic heterocycles. The van der Waals surface area contributed by atoms with E-state index in [0.717, 1.165) is 18.4 Å². The second-order valence-electron chi connectivity index (χ2n) is 8.13. The van der Waals surface area contributed by atoms with Crippen molar-refractivity contribution in [2.45, 2.75) is 52.4 Å². The highest BCUT2D eigenvalue weighted by molar-refractivity contribution is 6.05. The van der Waals surface area contributed by atoms with Crippen molar-refractivity contribution in [2.75, 3.05) is 0 Å². The fraction of sp³-hybridized carbons (Fsp3) is 0.684. The zero-order valence-electron chi connectivity index (χ0n) is 13.0. The fourth-order valence-electron chi connectivity index (χ4n) is 5.87. The van der Waals surface area contributed by atoms with Crippen molar-refractivity contribution in [3.05, 3.63) is 23.8 Å². The third-order valence-electron chi connectivity index (χ3n) is 7.11. The van der Waals surface area contributed by atoms with Crippen LogP contribution in [0, 0.1) is 28.6 Å². The van der Waals surface area contributed by atoms with Crippen molar-refractivity contribution in [1.29, 1.82) is 0 Å². The molecule has 112 valence electrons. The molecule has 4 rings (SSSR count). The molecule has 0 heterocycles. The standard InChI is InChI=1S/C19H24O2/c1-18-7-3-4-14(18)13-11-17(21)16-10-12(20)5-9-19(16,2)15(13)6-8-18/h3,7,10,13-15H,4-6,8-9,11H2,1-2H3/t13-,14-,15-,18-,19+/m0/s1. The largest absolute Gasteiger partial charge is 0.295 e. The van der Waals surface area contributed by atoms with Gasteiger partial charge in [0.1, 0.15) is 0 Å². The lowest BCUT2D eigenvalue weighted by Gasteiger charge is -2.56. The van der Waals surface area contributed by atoms with Gasteiger partial charge in [-0.1, -0.05) is 26.0 Å². The van der Waals surface area contributed by atoms with Gasteiger partial charge in [0.25, 0.3) is 0 Å². The molecule has 0 N–H and O–H groups in total. The molecule has 2 saturated carbocycles. The highest BCUT2D eigenvalue weighted by atomic mass is 16.1. The topological polar surface area (TPSA) is 34.1 Å². The van der Waals surface area contributed by atoms with Gasteiger partial charge in [0, 0.05) is 18.4 Å². The van der Waals surface area contributed by atoms with Gasteiger partial charge < -0.3 is 0 Å². The molecular formula is C19H24O2. The Hall–Kier alpha value is -1.18. The summed E-state index contributed by atoms with van der Waals surface area (Å²) in [5, 5.41) is 0. The van der Waals surface area contributed by atoms with Crippen LogP contribution in [0.2, 0.25) is 0 Å². The smallest absolute Gasteiger partial charge is 0.159 e. The van der Waals surface area contributed by atoms with Crippen LogP contribution in [0.15, 0.2) is 23.8 Å². The van der Waals surface area contributed by atoms with E-state index in [0.29, 0.717) is 36.0 Å². The molecule has 5 atom stereocenters. The zero-order valence-corrected chi connectivity index (χ0v) is 13.0. The van der Waals surface area contributed by atoms with Gasteiger partial charge in [0.05, 0.1) is 0 Å². The average Bonchev–Trinajstić information content (AvgIpc) is 2.83. The van der Waals surface area contributed by atoms with Gasteiger partial charge in [-0.3, -0.25) is 9.59 Å². The third kappa shape index (κ3) is 1.71. The molecule has 2 heteroatoms. The van der Waals surface area contributed by atoms with Gasteiger partial charge in [-0.2, -0.15) is 0 Å². The van der Waals surface area contributed by atoms with Crippen LogP contribution in [0.5, 0.6) is 0 Å².